The predicted octanol–water partition coefficient (Wildman–Crippen LogP) is 4.52. The molecule has 0 spiro atoms. The first-order valence-corrected chi connectivity index (χ1v) is 6.96. The van der Waals surface area contributed by atoms with E-state index in [0.717, 1.165) is 22.5 Å². The minimum atomic E-state index is 0.426. The van der Waals surface area contributed by atoms with Gasteiger partial charge in [-0.15, -0.1) is 0 Å². The third-order valence-corrected chi connectivity index (χ3v) is 3.69. The highest BCUT2D eigenvalue weighted by atomic mass is 16.5. The van der Waals surface area contributed by atoms with Crippen molar-refractivity contribution in [3.05, 3.63) is 59.2 Å². The fraction of sp³-hybridized carbons (Fsp3) is 0.167. The molecular formula is C18H18N2O. The molecule has 1 aromatic heterocycles. The van der Waals surface area contributed by atoms with Gasteiger partial charge in [-0.2, -0.15) is 0 Å². The van der Waals surface area contributed by atoms with Crippen molar-refractivity contribution in [1.29, 1.82) is 0 Å². The zero-order valence-corrected chi connectivity index (χ0v) is 12.5. The summed E-state index contributed by atoms with van der Waals surface area (Å²) in [5.41, 5.74) is 12.6. The maximum atomic E-state index is 6.04. The molecule has 0 amide bonds. The second kappa shape index (κ2) is 5.09. The summed E-state index contributed by atoms with van der Waals surface area (Å²) in [4.78, 5) is 0. The summed E-state index contributed by atoms with van der Waals surface area (Å²) in [7, 11) is 0. The van der Waals surface area contributed by atoms with E-state index in [9.17, 15) is 0 Å². The van der Waals surface area contributed by atoms with Crippen molar-refractivity contribution in [2.45, 2.75) is 20.8 Å². The second-order valence-corrected chi connectivity index (χ2v) is 5.41. The molecule has 106 valence electrons. The molecule has 0 saturated heterocycles. The van der Waals surface area contributed by atoms with Gasteiger partial charge in [-0.1, -0.05) is 53.2 Å². The average molecular weight is 278 g/mol. The molecule has 0 aliphatic heterocycles. The van der Waals surface area contributed by atoms with Crippen LogP contribution < -0.4 is 5.73 Å². The lowest BCUT2D eigenvalue weighted by Gasteiger charge is -2.10. The molecule has 0 fully saturated rings. The normalized spacial score (nSPS) is 10.8. The van der Waals surface area contributed by atoms with Crippen LogP contribution in [0.2, 0.25) is 0 Å². The molecule has 3 heteroatoms. The molecule has 3 nitrogen and oxygen atoms in total. The van der Waals surface area contributed by atoms with E-state index >= 15 is 0 Å². The minimum absolute atomic E-state index is 0.426. The van der Waals surface area contributed by atoms with E-state index in [4.69, 9.17) is 10.3 Å². The summed E-state index contributed by atoms with van der Waals surface area (Å²) in [6, 6.07) is 14.3. The molecule has 2 N–H and O–H groups in total. The molecule has 0 unspecified atom stereocenters. The smallest absolute Gasteiger partial charge is 0.177 e. The SMILES string of the molecule is Cc1cc(C)c(-c2onc(N)c2-c2ccccc2)c(C)c1. The third-order valence-electron chi connectivity index (χ3n) is 3.69. The Morgan fingerprint density at radius 1 is 0.905 bits per heavy atom. The topological polar surface area (TPSA) is 52.0 Å². The Kier molecular flexibility index (Phi) is 3.26. The number of hydrogen-bond donors (Lipinski definition) is 1. The van der Waals surface area contributed by atoms with Crippen LogP contribution in [0.5, 0.6) is 0 Å². The number of nitrogens with two attached hydrogens (primary N) is 1. The highest BCUT2D eigenvalue weighted by Crippen LogP contribution is 2.39. The number of aryl methyl sites for hydroxylation is 3. The predicted molar refractivity (Wildman–Crippen MR) is 86.0 cm³/mol. The molecular weight excluding hydrogens is 260 g/mol. The van der Waals surface area contributed by atoms with Gasteiger partial charge in [-0.05, 0) is 37.5 Å². The Balaban J connectivity index is 2.27. The van der Waals surface area contributed by atoms with Crippen molar-refractivity contribution >= 4 is 5.82 Å². The number of nitrogens with zero attached hydrogens (tertiary/aromatic N) is 1. The van der Waals surface area contributed by atoms with E-state index in [-0.39, 0.29) is 0 Å². The summed E-state index contributed by atoms with van der Waals surface area (Å²) in [5.74, 6) is 1.17. The molecule has 0 aliphatic rings. The first-order chi connectivity index (χ1) is 10.1. The largest absolute Gasteiger partial charge is 0.380 e. The van der Waals surface area contributed by atoms with Gasteiger partial charge in [-0.25, -0.2) is 0 Å². The molecule has 0 radical (unpaired) electrons. The zero-order chi connectivity index (χ0) is 15.0. The molecule has 1 heterocycles. The van der Waals surface area contributed by atoms with Crippen molar-refractivity contribution in [1.82, 2.24) is 5.16 Å². The van der Waals surface area contributed by atoms with Gasteiger partial charge in [0.05, 0.1) is 5.56 Å². The van der Waals surface area contributed by atoms with Crippen molar-refractivity contribution in [2.24, 2.45) is 0 Å². The van der Waals surface area contributed by atoms with Gasteiger partial charge in [0.2, 0.25) is 0 Å². The van der Waals surface area contributed by atoms with Crippen LogP contribution >= 0.6 is 0 Å². The molecule has 3 aromatic rings. The van der Waals surface area contributed by atoms with E-state index in [2.05, 4.69) is 38.1 Å². The molecule has 0 aliphatic carbocycles. The first kappa shape index (κ1) is 13.4. The third kappa shape index (κ3) is 2.31. The van der Waals surface area contributed by atoms with E-state index < -0.39 is 0 Å². The number of rotatable bonds is 2. The summed E-state index contributed by atoms with van der Waals surface area (Å²) in [5, 5.41) is 3.98. The van der Waals surface area contributed by atoms with Crippen LogP contribution in [0.1, 0.15) is 16.7 Å². The fourth-order valence-electron chi connectivity index (χ4n) is 2.90. The maximum absolute atomic E-state index is 6.04. The van der Waals surface area contributed by atoms with Crippen LogP contribution in [0.25, 0.3) is 22.5 Å². The van der Waals surface area contributed by atoms with Crippen LogP contribution in [-0.4, -0.2) is 5.16 Å². The Bertz CT molecular complexity index is 765. The highest BCUT2D eigenvalue weighted by molar-refractivity contribution is 5.88. The fourth-order valence-corrected chi connectivity index (χ4v) is 2.90. The van der Waals surface area contributed by atoms with Gasteiger partial charge in [0, 0.05) is 5.56 Å². The molecule has 0 atom stereocenters. The second-order valence-electron chi connectivity index (χ2n) is 5.41. The van der Waals surface area contributed by atoms with Crippen molar-refractivity contribution in [3.8, 4) is 22.5 Å². The minimum Gasteiger partial charge on any atom is -0.380 e. The number of benzene rings is 2. The number of aromatic nitrogens is 1. The van der Waals surface area contributed by atoms with Gasteiger partial charge in [0.15, 0.2) is 11.6 Å². The van der Waals surface area contributed by atoms with Crippen LogP contribution in [0.3, 0.4) is 0 Å². The van der Waals surface area contributed by atoms with E-state index in [1.165, 1.54) is 16.7 Å². The molecule has 21 heavy (non-hydrogen) atoms. The Morgan fingerprint density at radius 3 is 2.14 bits per heavy atom. The zero-order valence-electron chi connectivity index (χ0n) is 12.5. The lowest BCUT2D eigenvalue weighted by atomic mass is 9.94. The van der Waals surface area contributed by atoms with Crippen molar-refractivity contribution in [3.63, 3.8) is 0 Å². The summed E-state index contributed by atoms with van der Waals surface area (Å²) < 4.78 is 5.56. The van der Waals surface area contributed by atoms with Crippen LogP contribution in [0.4, 0.5) is 5.82 Å². The Morgan fingerprint density at radius 2 is 1.52 bits per heavy atom. The lowest BCUT2D eigenvalue weighted by Crippen LogP contribution is -1.92. The number of nitrogen functional groups attached to an aromatic ring is 1. The van der Waals surface area contributed by atoms with Gasteiger partial charge in [0.1, 0.15) is 0 Å². The van der Waals surface area contributed by atoms with Crippen molar-refractivity contribution < 1.29 is 4.52 Å². The van der Waals surface area contributed by atoms with E-state index in [1.807, 2.05) is 30.3 Å². The van der Waals surface area contributed by atoms with Gasteiger partial charge < -0.3 is 10.3 Å². The van der Waals surface area contributed by atoms with Crippen LogP contribution in [0, 0.1) is 20.8 Å². The summed E-state index contributed by atoms with van der Waals surface area (Å²) >= 11 is 0. The van der Waals surface area contributed by atoms with Crippen LogP contribution in [0.15, 0.2) is 47.0 Å². The molecule has 0 bridgehead atoms. The maximum Gasteiger partial charge on any atom is 0.177 e. The van der Waals surface area contributed by atoms with Gasteiger partial charge in [-0.3, -0.25) is 0 Å². The quantitative estimate of drug-likeness (QED) is 0.750. The van der Waals surface area contributed by atoms with E-state index in [1.54, 1.807) is 0 Å². The van der Waals surface area contributed by atoms with Gasteiger partial charge >= 0.3 is 0 Å². The molecule has 3 rings (SSSR count). The Hall–Kier alpha value is -2.55. The van der Waals surface area contributed by atoms with Crippen LogP contribution in [-0.2, 0) is 0 Å². The lowest BCUT2D eigenvalue weighted by molar-refractivity contribution is 0.435. The first-order valence-electron chi connectivity index (χ1n) is 6.96. The monoisotopic (exact) mass is 278 g/mol. The number of hydrogen-bond acceptors (Lipinski definition) is 3. The Labute approximate surface area is 124 Å². The summed E-state index contributed by atoms with van der Waals surface area (Å²) in [6.07, 6.45) is 0. The average Bonchev–Trinajstić information content (AvgIpc) is 2.80. The van der Waals surface area contributed by atoms with Gasteiger partial charge in [0.25, 0.3) is 0 Å². The molecule has 0 saturated carbocycles. The molecule has 2 aromatic carbocycles. The van der Waals surface area contributed by atoms with Crippen molar-refractivity contribution in [2.75, 3.05) is 5.73 Å². The number of anilines is 1. The summed E-state index contributed by atoms with van der Waals surface area (Å²) in [6.45, 7) is 6.27. The highest BCUT2D eigenvalue weighted by Gasteiger charge is 2.20. The standard InChI is InChI=1S/C18H18N2O/c1-11-9-12(2)15(13(3)10-11)17-16(18(19)20-21-17)14-7-5-4-6-8-14/h4-10H,1-3H3,(H2,19,20). The van der Waals surface area contributed by atoms with E-state index in [0.29, 0.717) is 5.82 Å².